The maximum Gasteiger partial charge on any atom is 0.162 e. The summed E-state index contributed by atoms with van der Waals surface area (Å²) in [5.74, 6) is 3.07. The second kappa shape index (κ2) is 4.97. The van der Waals surface area contributed by atoms with Crippen molar-refractivity contribution in [1.82, 2.24) is 0 Å². The van der Waals surface area contributed by atoms with Crippen molar-refractivity contribution in [2.75, 3.05) is 7.11 Å². The van der Waals surface area contributed by atoms with Crippen molar-refractivity contribution in [3.8, 4) is 5.75 Å². The van der Waals surface area contributed by atoms with E-state index in [4.69, 9.17) is 4.74 Å². The van der Waals surface area contributed by atoms with E-state index < -0.39 is 0 Å². The first-order chi connectivity index (χ1) is 10.7. The summed E-state index contributed by atoms with van der Waals surface area (Å²) in [7, 11) is 1.73. The van der Waals surface area contributed by atoms with Crippen LogP contribution in [0.4, 0.5) is 0 Å². The first-order valence-corrected chi connectivity index (χ1v) is 8.59. The summed E-state index contributed by atoms with van der Waals surface area (Å²) in [4.78, 5) is 12.5. The lowest BCUT2D eigenvalue weighted by Gasteiger charge is -2.49. The smallest absolute Gasteiger partial charge is 0.162 e. The van der Waals surface area contributed by atoms with Crippen molar-refractivity contribution < 1.29 is 9.53 Å². The highest BCUT2D eigenvalue weighted by Crippen LogP contribution is 2.59. The minimum atomic E-state index is -0.0782. The quantitative estimate of drug-likeness (QED) is 0.814. The number of ketones is 1. The number of fused-ring (bicyclic) bond motifs is 5. The number of ether oxygens (including phenoxy) is 1. The molecule has 0 bridgehead atoms. The molecule has 0 aliphatic heterocycles. The average molecular weight is 296 g/mol. The molecular weight excluding hydrogens is 272 g/mol. The molecule has 0 unspecified atom stereocenters. The molecule has 0 radical (unpaired) electrons. The van der Waals surface area contributed by atoms with Crippen LogP contribution in [0.5, 0.6) is 5.75 Å². The second-order valence-corrected chi connectivity index (χ2v) is 7.17. The number of aryl methyl sites for hydroxylation is 1. The summed E-state index contributed by atoms with van der Waals surface area (Å²) in [6.45, 7) is 2.19. The van der Waals surface area contributed by atoms with Crippen LogP contribution in [0.2, 0.25) is 0 Å². The van der Waals surface area contributed by atoms with Crippen LogP contribution in [-0.2, 0) is 11.2 Å². The summed E-state index contributed by atoms with van der Waals surface area (Å²) >= 11 is 0. The van der Waals surface area contributed by atoms with Crippen molar-refractivity contribution >= 4 is 5.78 Å². The van der Waals surface area contributed by atoms with Crippen LogP contribution >= 0.6 is 0 Å². The Kier molecular flexibility index (Phi) is 3.18. The van der Waals surface area contributed by atoms with Gasteiger partial charge in [0.25, 0.3) is 0 Å². The zero-order chi connectivity index (χ0) is 15.3. The van der Waals surface area contributed by atoms with Gasteiger partial charge in [-0.25, -0.2) is 0 Å². The van der Waals surface area contributed by atoms with Gasteiger partial charge < -0.3 is 4.74 Å². The van der Waals surface area contributed by atoms with Gasteiger partial charge in [0, 0.05) is 5.41 Å². The normalized spacial score (nSPS) is 35.7. The Morgan fingerprint density at radius 3 is 2.95 bits per heavy atom. The van der Waals surface area contributed by atoms with Gasteiger partial charge in [-0.1, -0.05) is 19.1 Å². The summed E-state index contributed by atoms with van der Waals surface area (Å²) < 4.78 is 5.38. The number of allylic oxidation sites excluding steroid dienone is 2. The summed E-state index contributed by atoms with van der Waals surface area (Å²) in [6, 6.07) is 6.58. The maximum atomic E-state index is 12.5. The van der Waals surface area contributed by atoms with Crippen LogP contribution < -0.4 is 4.74 Å². The lowest BCUT2D eigenvalue weighted by molar-refractivity contribution is -0.128. The molecule has 1 aromatic rings. The van der Waals surface area contributed by atoms with Gasteiger partial charge in [0.1, 0.15) is 5.75 Å². The monoisotopic (exact) mass is 296 g/mol. The summed E-state index contributed by atoms with van der Waals surface area (Å²) in [6.07, 6.45) is 9.62. The van der Waals surface area contributed by atoms with Crippen LogP contribution in [0, 0.1) is 17.3 Å². The van der Waals surface area contributed by atoms with Gasteiger partial charge in [-0.2, -0.15) is 0 Å². The summed E-state index contributed by atoms with van der Waals surface area (Å²) in [5.41, 5.74) is 2.89. The molecule has 22 heavy (non-hydrogen) atoms. The molecule has 0 N–H and O–H groups in total. The lowest BCUT2D eigenvalue weighted by atomic mass is 9.54. The third-order valence-electron chi connectivity index (χ3n) is 6.59. The fourth-order valence-electron chi connectivity index (χ4n) is 5.39. The highest BCUT2D eigenvalue weighted by Gasteiger charge is 2.54. The van der Waals surface area contributed by atoms with E-state index in [9.17, 15) is 4.79 Å². The molecule has 4 atom stereocenters. The van der Waals surface area contributed by atoms with Crippen molar-refractivity contribution in [2.45, 2.75) is 44.9 Å². The van der Waals surface area contributed by atoms with Gasteiger partial charge in [0.2, 0.25) is 0 Å². The van der Waals surface area contributed by atoms with Gasteiger partial charge in [0.05, 0.1) is 7.11 Å². The van der Waals surface area contributed by atoms with Crippen molar-refractivity contribution in [3.05, 3.63) is 41.5 Å². The Morgan fingerprint density at radius 1 is 1.32 bits per heavy atom. The molecule has 1 fully saturated rings. The van der Waals surface area contributed by atoms with Gasteiger partial charge >= 0.3 is 0 Å². The van der Waals surface area contributed by atoms with Crippen LogP contribution in [0.1, 0.15) is 49.7 Å². The maximum absolute atomic E-state index is 12.5. The molecular formula is C20H24O2. The molecule has 0 spiro atoms. The molecule has 0 heterocycles. The number of carbonyl (C=O) groups excluding carboxylic acids is 1. The van der Waals surface area contributed by atoms with E-state index in [1.54, 1.807) is 7.11 Å². The largest absolute Gasteiger partial charge is 0.497 e. The van der Waals surface area contributed by atoms with E-state index in [0.29, 0.717) is 23.5 Å². The lowest BCUT2D eigenvalue weighted by Crippen LogP contribution is -2.44. The Hall–Kier alpha value is -1.57. The number of carbonyl (C=O) groups is 1. The average Bonchev–Trinajstić information content (AvgIpc) is 2.91. The molecule has 1 aromatic carbocycles. The minimum Gasteiger partial charge on any atom is -0.497 e. The molecule has 4 rings (SSSR count). The molecule has 2 nitrogen and oxygen atoms in total. The Labute approximate surface area is 132 Å². The molecule has 3 aliphatic rings. The van der Waals surface area contributed by atoms with Gasteiger partial charge in [-0.15, -0.1) is 0 Å². The number of benzene rings is 1. The van der Waals surface area contributed by atoms with Crippen LogP contribution in [-0.4, -0.2) is 12.9 Å². The number of rotatable bonds is 2. The van der Waals surface area contributed by atoms with Gasteiger partial charge in [0.15, 0.2) is 5.78 Å². The first kappa shape index (κ1) is 14.0. The SMILES string of the molecule is CC[C@]12CC[C@@H]3c4ccc(OC)cc4CC[C@H]3[C@@H]1C=CC2=O. The molecule has 0 saturated heterocycles. The molecule has 0 amide bonds. The molecule has 1 saturated carbocycles. The third-order valence-corrected chi connectivity index (χ3v) is 6.59. The fourth-order valence-corrected chi connectivity index (χ4v) is 5.39. The zero-order valence-corrected chi connectivity index (χ0v) is 13.5. The molecule has 2 heteroatoms. The predicted octanol–water partition coefficient (Wildman–Crippen LogP) is 4.29. The van der Waals surface area contributed by atoms with E-state index in [1.165, 1.54) is 17.5 Å². The second-order valence-electron chi connectivity index (χ2n) is 7.17. The van der Waals surface area contributed by atoms with Crippen molar-refractivity contribution in [2.24, 2.45) is 17.3 Å². The number of hydrogen-bond donors (Lipinski definition) is 0. The highest BCUT2D eigenvalue weighted by atomic mass is 16.5. The van der Waals surface area contributed by atoms with Crippen LogP contribution in [0.25, 0.3) is 0 Å². The number of methoxy groups -OCH3 is 1. The Balaban J connectivity index is 1.71. The first-order valence-electron chi connectivity index (χ1n) is 8.59. The van der Waals surface area contributed by atoms with E-state index in [-0.39, 0.29) is 5.41 Å². The zero-order valence-electron chi connectivity index (χ0n) is 13.5. The van der Waals surface area contributed by atoms with E-state index in [2.05, 4.69) is 31.2 Å². The third kappa shape index (κ3) is 1.76. The van der Waals surface area contributed by atoms with Crippen LogP contribution in [0.3, 0.4) is 0 Å². The Bertz CT molecular complexity index is 645. The van der Waals surface area contributed by atoms with Gasteiger partial charge in [-0.3, -0.25) is 4.79 Å². The minimum absolute atomic E-state index is 0.0782. The number of hydrogen-bond acceptors (Lipinski definition) is 2. The van der Waals surface area contributed by atoms with Crippen molar-refractivity contribution in [1.29, 1.82) is 0 Å². The highest BCUT2D eigenvalue weighted by molar-refractivity contribution is 5.98. The van der Waals surface area contributed by atoms with E-state index in [1.807, 2.05) is 6.08 Å². The van der Waals surface area contributed by atoms with Crippen LogP contribution in [0.15, 0.2) is 30.4 Å². The molecule has 0 aromatic heterocycles. The predicted molar refractivity (Wildman–Crippen MR) is 87.1 cm³/mol. The van der Waals surface area contributed by atoms with Crippen molar-refractivity contribution in [3.63, 3.8) is 0 Å². The standard InChI is InChI=1S/C20H24O2/c1-3-20-11-10-16-15-7-5-14(22-2)12-13(15)4-6-17(16)18(20)8-9-19(20)21/h5,7-9,12,16-18H,3-4,6,10-11H2,1-2H3/t16-,17-,18+,20+/m1/s1. The fraction of sp³-hybridized carbons (Fsp3) is 0.550. The van der Waals surface area contributed by atoms with Gasteiger partial charge in [-0.05, 0) is 79.2 Å². The topological polar surface area (TPSA) is 26.3 Å². The van der Waals surface area contributed by atoms with E-state index >= 15 is 0 Å². The van der Waals surface area contributed by atoms with E-state index in [0.717, 1.165) is 31.4 Å². The molecule has 116 valence electrons. The summed E-state index contributed by atoms with van der Waals surface area (Å²) in [5, 5.41) is 0. The molecule has 3 aliphatic carbocycles. The Morgan fingerprint density at radius 2 is 2.18 bits per heavy atom.